The van der Waals surface area contributed by atoms with Crippen molar-refractivity contribution in [3.05, 3.63) is 0 Å². The van der Waals surface area contributed by atoms with E-state index in [4.69, 9.17) is 4.65 Å². The molecule has 0 rings (SSSR count). The molecule has 10 heavy (non-hydrogen) atoms. The standard InChI is InChI=1S/C4H11BO4.Na.H/c1-6-4-9-5(7-2)8-3;;/h4H2,1-3H3;;/q;+1;-1. The van der Waals surface area contributed by atoms with Crippen molar-refractivity contribution < 1.29 is 49.7 Å². The Kier molecular flexibility index (Phi) is 13.4. The van der Waals surface area contributed by atoms with Crippen LogP contribution in [0.1, 0.15) is 1.43 Å². The summed E-state index contributed by atoms with van der Waals surface area (Å²) in [5.74, 6) is 0. The van der Waals surface area contributed by atoms with Gasteiger partial charge in [-0.3, -0.25) is 0 Å². The van der Waals surface area contributed by atoms with Gasteiger partial charge in [-0.1, -0.05) is 0 Å². The minimum Gasteiger partial charge on any atom is -1.00 e. The monoisotopic (exact) mass is 158 g/mol. The molecule has 0 bridgehead atoms. The molecular formula is C4H12BNaO4. The maximum absolute atomic E-state index is 4.82. The Labute approximate surface area is 85.1 Å². The quantitative estimate of drug-likeness (QED) is 0.315. The summed E-state index contributed by atoms with van der Waals surface area (Å²) in [6.45, 7) is 0.173. The molecule has 0 amide bonds. The molecule has 0 fully saturated rings. The Hall–Kier alpha value is 0.905. The fourth-order valence-corrected chi connectivity index (χ4v) is 0.356. The topological polar surface area (TPSA) is 36.9 Å². The Morgan fingerprint density at radius 2 is 1.70 bits per heavy atom. The minimum atomic E-state index is -0.620. The number of hydrogen-bond acceptors (Lipinski definition) is 4. The molecule has 0 saturated heterocycles. The zero-order chi connectivity index (χ0) is 7.11. The summed E-state index contributed by atoms with van der Waals surface area (Å²) in [5.41, 5.74) is 0. The molecule has 0 saturated carbocycles. The van der Waals surface area contributed by atoms with Gasteiger partial charge in [0.1, 0.15) is 6.79 Å². The van der Waals surface area contributed by atoms with Crippen LogP contribution in [-0.4, -0.2) is 35.4 Å². The molecule has 0 aromatic carbocycles. The van der Waals surface area contributed by atoms with Gasteiger partial charge < -0.3 is 20.1 Å². The van der Waals surface area contributed by atoms with Crippen molar-refractivity contribution in [3.63, 3.8) is 0 Å². The maximum atomic E-state index is 4.82. The third kappa shape index (κ3) is 7.02. The van der Waals surface area contributed by atoms with Gasteiger partial charge in [0.05, 0.1) is 0 Å². The number of methoxy groups -OCH3 is 1. The van der Waals surface area contributed by atoms with E-state index in [0.29, 0.717) is 0 Å². The Bertz CT molecular complexity index is 66.1. The Balaban J connectivity index is -0.000000320. The van der Waals surface area contributed by atoms with Crippen LogP contribution in [0.3, 0.4) is 0 Å². The van der Waals surface area contributed by atoms with Crippen LogP contribution in [0.15, 0.2) is 0 Å². The Morgan fingerprint density at radius 3 is 2.00 bits per heavy atom. The maximum Gasteiger partial charge on any atom is 1.00 e. The second-order valence-electron chi connectivity index (χ2n) is 1.33. The van der Waals surface area contributed by atoms with Gasteiger partial charge in [0.15, 0.2) is 0 Å². The van der Waals surface area contributed by atoms with E-state index in [9.17, 15) is 0 Å². The molecule has 0 aliphatic carbocycles. The predicted molar refractivity (Wildman–Crippen MR) is 33.8 cm³/mol. The van der Waals surface area contributed by atoms with E-state index < -0.39 is 7.32 Å². The van der Waals surface area contributed by atoms with Crippen molar-refractivity contribution in [3.8, 4) is 0 Å². The molecule has 0 heterocycles. The third-order valence-corrected chi connectivity index (χ3v) is 0.707. The molecule has 0 unspecified atom stereocenters. The van der Waals surface area contributed by atoms with Crippen LogP contribution in [-0.2, 0) is 18.7 Å². The van der Waals surface area contributed by atoms with Crippen LogP contribution >= 0.6 is 0 Å². The fourth-order valence-electron chi connectivity index (χ4n) is 0.356. The van der Waals surface area contributed by atoms with Crippen molar-refractivity contribution >= 4 is 7.32 Å². The molecule has 56 valence electrons. The van der Waals surface area contributed by atoms with Crippen LogP contribution in [0.5, 0.6) is 0 Å². The summed E-state index contributed by atoms with van der Waals surface area (Å²) in [6, 6.07) is 0. The molecule has 6 heteroatoms. The second-order valence-corrected chi connectivity index (χ2v) is 1.33. The van der Waals surface area contributed by atoms with Crippen LogP contribution in [0, 0.1) is 0 Å². The first-order chi connectivity index (χ1) is 4.35. The van der Waals surface area contributed by atoms with Gasteiger partial charge in [-0.05, 0) is 0 Å². The van der Waals surface area contributed by atoms with Gasteiger partial charge in [-0.2, -0.15) is 0 Å². The normalized spacial score (nSPS) is 8.70. The first-order valence-electron chi connectivity index (χ1n) is 2.51. The number of hydrogen-bond donors (Lipinski definition) is 0. The summed E-state index contributed by atoms with van der Waals surface area (Å²) in [4.78, 5) is 0. The number of rotatable bonds is 5. The SMILES string of the molecule is COCOB(OC)OC.[H-].[Na+]. The summed E-state index contributed by atoms with van der Waals surface area (Å²) >= 11 is 0. The predicted octanol–water partition coefficient (Wildman–Crippen LogP) is -3.00. The van der Waals surface area contributed by atoms with Crippen molar-refractivity contribution in [2.24, 2.45) is 0 Å². The zero-order valence-corrected chi connectivity index (χ0v) is 8.92. The zero-order valence-electron chi connectivity index (χ0n) is 7.92. The third-order valence-electron chi connectivity index (χ3n) is 0.707. The first kappa shape index (κ1) is 13.5. The van der Waals surface area contributed by atoms with Gasteiger partial charge in [0.2, 0.25) is 0 Å². The molecule has 0 radical (unpaired) electrons. The van der Waals surface area contributed by atoms with E-state index >= 15 is 0 Å². The summed E-state index contributed by atoms with van der Waals surface area (Å²) in [6.07, 6.45) is 0. The molecule has 0 aromatic heterocycles. The van der Waals surface area contributed by atoms with Crippen LogP contribution < -0.4 is 29.6 Å². The van der Waals surface area contributed by atoms with Gasteiger partial charge in [0.25, 0.3) is 0 Å². The van der Waals surface area contributed by atoms with Gasteiger partial charge in [-0.15, -0.1) is 0 Å². The Morgan fingerprint density at radius 1 is 1.20 bits per heavy atom. The van der Waals surface area contributed by atoms with Crippen molar-refractivity contribution in [2.45, 2.75) is 0 Å². The van der Waals surface area contributed by atoms with E-state index in [-0.39, 0.29) is 37.8 Å². The van der Waals surface area contributed by atoms with Crippen LogP contribution in [0.4, 0.5) is 0 Å². The fraction of sp³-hybridized carbons (Fsp3) is 1.00. The largest absolute Gasteiger partial charge is 1.00 e. The molecule has 0 N–H and O–H groups in total. The first-order valence-corrected chi connectivity index (χ1v) is 2.51. The summed E-state index contributed by atoms with van der Waals surface area (Å²) in [7, 11) is 3.89. The average Bonchev–Trinajstić information content (AvgIpc) is 1.91. The number of ether oxygens (including phenoxy) is 1. The second kappa shape index (κ2) is 9.90. The van der Waals surface area contributed by atoms with Crippen LogP contribution in [0.25, 0.3) is 0 Å². The van der Waals surface area contributed by atoms with Crippen LogP contribution in [0.2, 0.25) is 0 Å². The van der Waals surface area contributed by atoms with Gasteiger partial charge in [-0.25, -0.2) is 0 Å². The van der Waals surface area contributed by atoms with E-state index in [1.807, 2.05) is 0 Å². The summed E-state index contributed by atoms with van der Waals surface area (Å²) in [5, 5.41) is 0. The molecule has 0 aliphatic heterocycles. The smallest absolute Gasteiger partial charge is 1.00 e. The van der Waals surface area contributed by atoms with Crippen molar-refractivity contribution in [2.75, 3.05) is 28.1 Å². The summed E-state index contributed by atoms with van der Waals surface area (Å²) < 4.78 is 18.8. The average molecular weight is 158 g/mol. The molecule has 0 aliphatic rings. The molecule has 0 aromatic rings. The van der Waals surface area contributed by atoms with E-state index in [0.717, 1.165) is 0 Å². The van der Waals surface area contributed by atoms with E-state index in [2.05, 4.69) is 14.0 Å². The van der Waals surface area contributed by atoms with Gasteiger partial charge >= 0.3 is 36.9 Å². The minimum absolute atomic E-state index is 0. The molecule has 0 atom stereocenters. The molecule has 4 nitrogen and oxygen atoms in total. The molecule has 0 spiro atoms. The van der Waals surface area contributed by atoms with Gasteiger partial charge in [0, 0.05) is 21.3 Å². The van der Waals surface area contributed by atoms with E-state index in [1.54, 1.807) is 0 Å². The van der Waals surface area contributed by atoms with E-state index in [1.165, 1.54) is 21.3 Å². The van der Waals surface area contributed by atoms with Crippen molar-refractivity contribution in [1.82, 2.24) is 0 Å². The van der Waals surface area contributed by atoms with Crippen molar-refractivity contribution in [1.29, 1.82) is 0 Å². The molecular weight excluding hydrogens is 146 g/mol.